The predicted molar refractivity (Wildman–Crippen MR) is 263 cm³/mol. The molecule has 6 rings (SSSR count). The monoisotopic (exact) mass is 1210 g/mol. The third-order valence-corrected chi connectivity index (χ3v) is 17.7. The van der Waals surface area contributed by atoms with Crippen LogP contribution in [0, 0.1) is 36.3 Å². The lowest BCUT2D eigenvalue weighted by molar-refractivity contribution is -0.175. The molecule has 2 heterocycles. The van der Waals surface area contributed by atoms with Crippen molar-refractivity contribution in [1.82, 2.24) is 8.61 Å². The third-order valence-electron chi connectivity index (χ3n) is 11.6. The second kappa shape index (κ2) is 21.7. The van der Waals surface area contributed by atoms with E-state index in [1.807, 2.05) is 59.0 Å². The summed E-state index contributed by atoms with van der Waals surface area (Å²) in [7, 11) is -8.06. The minimum Gasteiger partial charge on any atom is -0.462 e. The fourth-order valence-corrected chi connectivity index (χ4v) is 13.7. The zero-order valence-electron chi connectivity index (χ0n) is 37.9. The molecule has 0 radical (unpaired) electrons. The van der Waals surface area contributed by atoms with Crippen molar-refractivity contribution in [3.63, 3.8) is 0 Å². The first-order valence-corrected chi connectivity index (χ1v) is 26.2. The lowest BCUT2D eigenvalue weighted by Crippen LogP contribution is -2.39. The van der Waals surface area contributed by atoms with Gasteiger partial charge < -0.3 is 9.47 Å². The van der Waals surface area contributed by atoms with E-state index in [1.165, 1.54) is 88.4 Å². The molecule has 10 nitrogen and oxygen atoms in total. The maximum Gasteiger partial charge on any atom is 0.376 e. The van der Waals surface area contributed by atoms with Crippen molar-refractivity contribution in [2.45, 2.75) is 76.0 Å². The summed E-state index contributed by atoms with van der Waals surface area (Å²) in [5.74, 6) is -12.2. The summed E-state index contributed by atoms with van der Waals surface area (Å²) in [6, 6.07) is 24.2. The molecule has 68 heavy (non-hydrogen) atoms. The lowest BCUT2D eigenvalue weighted by atomic mass is 9.78. The highest BCUT2D eigenvalue weighted by atomic mass is 127. The topological polar surface area (TPSA) is 127 Å². The van der Waals surface area contributed by atoms with Crippen LogP contribution in [0.25, 0.3) is 7.16 Å². The summed E-state index contributed by atoms with van der Waals surface area (Å²) in [6.07, 6.45) is -1.95. The highest BCUT2D eigenvalue weighted by Crippen LogP contribution is 2.51. The zero-order valence-corrected chi connectivity index (χ0v) is 43.8. The Labute approximate surface area is 420 Å². The van der Waals surface area contributed by atoms with E-state index < -0.39 is 79.1 Å². The van der Waals surface area contributed by atoms with E-state index in [4.69, 9.17) is 0 Å². The summed E-state index contributed by atoms with van der Waals surface area (Å²) in [6.45, 7) is 7.99. The van der Waals surface area contributed by atoms with Gasteiger partial charge in [0, 0.05) is 68.1 Å². The summed E-state index contributed by atoms with van der Waals surface area (Å²) in [4.78, 5) is 23.9. The quantitative estimate of drug-likeness (QED) is 0.0694. The van der Waals surface area contributed by atoms with Crippen molar-refractivity contribution < 1.29 is 62.2 Å². The molecule has 2 fully saturated rings. The number of ether oxygens (including phenoxy) is 2. The third kappa shape index (κ3) is 12.2. The lowest BCUT2D eigenvalue weighted by Gasteiger charge is -2.30. The van der Waals surface area contributed by atoms with Gasteiger partial charge in [-0.05, 0) is 120 Å². The normalized spacial score (nSPS) is 20.9. The summed E-state index contributed by atoms with van der Waals surface area (Å²) < 4.78 is 154. The number of hydrogen-bond donors (Lipinski definition) is 0. The van der Waals surface area contributed by atoms with Crippen LogP contribution in [-0.4, -0.2) is 88.6 Å². The van der Waals surface area contributed by atoms with E-state index in [2.05, 4.69) is 9.47 Å². The van der Waals surface area contributed by atoms with Gasteiger partial charge in [0.15, 0.2) is 0 Å². The van der Waals surface area contributed by atoms with Gasteiger partial charge in [-0.25, -0.2) is 35.2 Å². The number of esters is 2. The maximum absolute atomic E-state index is 14.9. The Balaban J connectivity index is 0.000000254. The van der Waals surface area contributed by atoms with Crippen LogP contribution in [0.1, 0.15) is 62.8 Å². The molecule has 2 saturated heterocycles. The Morgan fingerprint density at radius 3 is 1.19 bits per heavy atom. The highest BCUT2D eigenvalue weighted by Gasteiger charge is 2.55. The van der Waals surface area contributed by atoms with Crippen LogP contribution >= 0.6 is 45.2 Å². The Bertz CT molecular complexity index is 2620. The summed E-state index contributed by atoms with van der Waals surface area (Å²) >= 11 is 3.72. The van der Waals surface area contributed by atoms with Gasteiger partial charge in [-0.15, -0.1) is 0 Å². The average molecular weight is 1210 g/mol. The fraction of sp³-hybridized carbons (Fsp3) is 0.375. The Kier molecular flexibility index (Phi) is 17.5. The van der Waals surface area contributed by atoms with Crippen LogP contribution < -0.4 is 0 Å². The number of hydrogen-bond acceptors (Lipinski definition) is 8. The molecule has 2 atom stereocenters. The van der Waals surface area contributed by atoms with Crippen LogP contribution in [0.5, 0.6) is 0 Å². The first-order chi connectivity index (χ1) is 31.6. The van der Waals surface area contributed by atoms with E-state index in [1.54, 1.807) is 36.4 Å². The number of nitrogens with zero attached hydrogens (tertiary/aromatic N) is 2. The van der Waals surface area contributed by atoms with Gasteiger partial charge in [-0.2, -0.15) is 26.2 Å². The van der Waals surface area contributed by atoms with Gasteiger partial charge in [0.2, 0.25) is 20.0 Å². The van der Waals surface area contributed by atoms with E-state index >= 15 is 0 Å². The second-order valence-corrected chi connectivity index (χ2v) is 23.1. The van der Waals surface area contributed by atoms with Crippen molar-refractivity contribution >= 4 is 84.3 Å². The minimum atomic E-state index is -4.03. The van der Waals surface area contributed by atoms with Gasteiger partial charge >= 0.3 is 23.8 Å². The molecule has 4 aromatic carbocycles. The van der Waals surface area contributed by atoms with Crippen LogP contribution in [-0.2, 0) is 39.1 Å². The average Bonchev–Trinajstić information content (AvgIpc) is 3.80. The Morgan fingerprint density at radius 1 is 0.588 bits per heavy atom. The molecule has 2 aliphatic rings. The van der Waals surface area contributed by atoms with Crippen LogP contribution in [0.3, 0.4) is 0 Å². The Hall–Kier alpha value is -3.84. The van der Waals surface area contributed by atoms with Crippen LogP contribution in [0.2, 0.25) is 0 Å². The van der Waals surface area contributed by atoms with Gasteiger partial charge in [0.1, 0.15) is 11.6 Å². The van der Waals surface area contributed by atoms with Gasteiger partial charge in [0.05, 0.1) is 23.0 Å². The number of halogens is 8. The summed E-state index contributed by atoms with van der Waals surface area (Å²) in [5.41, 5.74) is -0.171. The van der Waals surface area contributed by atoms with Gasteiger partial charge in [-0.3, -0.25) is 0 Å². The molecular formula is C48H50F6I2N2O8S2. The molecule has 20 heteroatoms. The SMILES string of the molecule is CCOC(=O)C(F)(F)C[C@@]1(C)CN(S(=O)(=O)c2ccc(C)cc2)C/C1=C(\I)c1ccccc1F.CCOC(=O)C(F)(F)C[C@@]1(C)CN(S(=O)(=O)c2ccc(C)cc2)C/C1=C(\I)c1ccccc1F. The van der Waals surface area contributed by atoms with Gasteiger partial charge in [0.25, 0.3) is 0 Å². The zero-order chi connectivity index (χ0) is 50.6. The van der Waals surface area contributed by atoms with Crippen molar-refractivity contribution in [3.8, 4) is 0 Å². The summed E-state index contributed by atoms with van der Waals surface area (Å²) in [5, 5.41) is 0. The smallest absolute Gasteiger partial charge is 0.376 e. The van der Waals surface area contributed by atoms with Crippen LogP contribution in [0.15, 0.2) is 118 Å². The molecule has 0 aromatic heterocycles. The van der Waals surface area contributed by atoms with Crippen molar-refractivity contribution in [2.24, 2.45) is 10.8 Å². The van der Waals surface area contributed by atoms with Crippen LogP contribution in [0.4, 0.5) is 26.3 Å². The van der Waals surface area contributed by atoms with E-state index in [-0.39, 0.29) is 60.3 Å². The molecule has 2 aliphatic heterocycles. The molecule has 4 aromatic rings. The molecule has 0 spiro atoms. The first kappa shape index (κ1) is 55.1. The molecule has 0 bridgehead atoms. The fourth-order valence-electron chi connectivity index (χ4n) is 8.07. The molecule has 0 amide bonds. The second-order valence-electron chi connectivity index (χ2n) is 17.0. The highest BCUT2D eigenvalue weighted by molar-refractivity contribution is 14.1. The van der Waals surface area contributed by atoms with E-state index in [0.717, 1.165) is 19.7 Å². The van der Waals surface area contributed by atoms with Crippen molar-refractivity contribution in [2.75, 3.05) is 39.4 Å². The number of benzene rings is 4. The molecular weight excluding hydrogens is 1160 g/mol. The van der Waals surface area contributed by atoms with E-state index in [0.29, 0.717) is 18.3 Å². The number of carbonyl (C=O) groups excluding carboxylic acids is 2. The largest absolute Gasteiger partial charge is 0.462 e. The number of alkyl halides is 4. The van der Waals surface area contributed by atoms with Crippen molar-refractivity contribution in [3.05, 3.63) is 142 Å². The number of carbonyl (C=O) groups is 2. The standard InChI is InChI=1S/2C24H25F3INO4S/c2*1-4-33-22(30)24(26,27)14-23(3)15-29(34(31,32)17-11-9-16(2)10-12-17)13-19(23)21(28)18-7-5-6-8-20(18)25/h2*5-12H,4,13-15H2,1-3H3/b2*21-19+/t2*23-/m00/s1. The molecule has 0 unspecified atom stereocenters. The molecule has 0 aliphatic carbocycles. The first-order valence-electron chi connectivity index (χ1n) is 21.2. The molecule has 0 N–H and O–H groups in total. The predicted octanol–water partition coefficient (Wildman–Crippen LogP) is 11.2. The molecule has 368 valence electrons. The molecule has 0 saturated carbocycles. The number of sulfonamides is 2. The van der Waals surface area contributed by atoms with Gasteiger partial charge in [-0.1, -0.05) is 85.6 Å². The maximum atomic E-state index is 14.9. The number of aryl methyl sites for hydroxylation is 2. The van der Waals surface area contributed by atoms with E-state index in [9.17, 15) is 52.8 Å². The Morgan fingerprint density at radius 2 is 0.897 bits per heavy atom. The minimum absolute atomic E-state index is 0.0275. The number of rotatable bonds is 14. The van der Waals surface area contributed by atoms with Crippen molar-refractivity contribution in [1.29, 1.82) is 0 Å².